The Morgan fingerprint density at radius 3 is 2.86 bits per heavy atom. The van der Waals surface area contributed by atoms with Gasteiger partial charge >= 0.3 is 0 Å². The van der Waals surface area contributed by atoms with E-state index < -0.39 is 0 Å². The first kappa shape index (κ1) is 14.5. The van der Waals surface area contributed by atoms with Crippen molar-refractivity contribution in [2.45, 2.75) is 39.9 Å². The molecule has 7 nitrogen and oxygen atoms in total. The lowest BCUT2D eigenvalue weighted by atomic mass is 10.3. The Balaban J connectivity index is 1.55. The van der Waals surface area contributed by atoms with Crippen molar-refractivity contribution in [2.24, 2.45) is 0 Å². The number of rotatable bonds is 6. The molecular formula is C15H19N5O2. The van der Waals surface area contributed by atoms with E-state index in [9.17, 15) is 0 Å². The van der Waals surface area contributed by atoms with Gasteiger partial charge in [-0.05, 0) is 32.4 Å². The summed E-state index contributed by atoms with van der Waals surface area (Å²) in [6, 6.07) is 2.10. The molecule has 7 heteroatoms. The van der Waals surface area contributed by atoms with Gasteiger partial charge < -0.3 is 14.2 Å². The average Bonchev–Trinajstić information content (AvgIpc) is 3.18. The van der Waals surface area contributed by atoms with Crippen LogP contribution in [0.4, 0.5) is 0 Å². The van der Waals surface area contributed by atoms with Crippen LogP contribution in [0.1, 0.15) is 23.9 Å². The normalized spacial score (nSPS) is 12.7. The lowest BCUT2D eigenvalue weighted by molar-refractivity contribution is 0.407. The summed E-state index contributed by atoms with van der Waals surface area (Å²) in [6.45, 7) is 7.35. The summed E-state index contributed by atoms with van der Waals surface area (Å²) in [4.78, 5) is 0. The van der Waals surface area contributed by atoms with Crippen LogP contribution in [0.3, 0.4) is 0 Å². The van der Waals surface area contributed by atoms with E-state index in [1.165, 1.54) is 0 Å². The summed E-state index contributed by atoms with van der Waals surface area (Å²) in [6.07, 6.45) is 5.48. The van der Waals surface area contributed by atoms with E-state index in [0.717, 1.165) is 17.7 Å². The summed E-state index contributed by atoms with van der Waals surface area (Å²) in [5.74, 6) is 1.57. The Hall–Kier alpha value is -2.41. The molecule has 22 heavy (non-hydrogen) atoms. The van der Waals surface area contributed by atoms with Crippen molar-refractivity contribution in [3.63, 3.8) is 0 Å². The topological polar surface area (TPSA) is 81.9 Å². The fourth-order valence-electron chi connectivity index (χ4n) is 2.18. The molecule has 116 valence electrons. The number of nitrogens with one attached hydrogen (secondary N) is 1. The zero-order valence-corrected chi connectivity index (χ0v) is 12.9. The fourth-order valence-corrected chi connectivity index (χ4v) is 2.18. The third-order valence-electron chi connectivity index (χ3n) is 3.35. The van der Waals surface area contributed by atoms with Crippen LogP contribution in [0.25, 0.3) is 11.7 Å². The highest BCUT2D eigenvalue weighted by Crippen LogP contribution is 2.22. The van der Waals surface area contributed by atoms with Crippen molar-refractivity contribution in [1.29, 1.82) is 0 Å². The summed E-state index contributed by atoms with van der Waals surface area (Å²) < 4.78 is 12.9. The first-order valence-corrected chi connectivity index (χ1v) is 7.21. The molecule has 0 amide bonds. The molecule has 0 bridgehead atoms. The molecule has 0 fully saturated rings. The van der Waals surface area contributed by atoms with Gasteiger partial charge in [-0.15, -0.1) is 10.2 Å². The smallest absolute Gasteiger partial charge is 0.283 e. The number of hydrogen-bond acceptors (Lipinski definition) is 6. The Morgan fingerprint density at radius 2 is 2.18 bits per heavy atom. The minimum Gasteiger partial charge on any atom is -0.459 e. The van der Waals surface area contributed by atoms with Gasteiger partial charge in [0.15, 0.2) is 5.76 Å². The Kier molecular flexibility index (Phi) is 4.06. The third-order valence-corrected chi connectivity index (χ3v) is 3.35. The largest absolute Gasteiger partial charge is 0.459 e. The van der Waals surface area contributed by atoms with Crippen LogP contribution in [-0.2, 0) is 13.1 Å². The van der Waals surface area contributed by atoms with Crippen LogP contribution in [0, 0.1) is 13.8 Å². The van der Waals surface area contributed by atoms with Crippen molar-refractivity contribution in [1.82, 2.24) is 25.3 Å². The van der Waals surface area contributed by atoms with E-state index in [0.29, 0.717) is 24.1 Å². The number of furan rings is 1. The Labute approximate surface area is 128 Å². The highest BCUT2D eigenvalue weighted by molar-refractivity contribution is 5.49. The molecule has 1 atom stereocenters. The van der Waals surface area contributed by atoms with Crippen molar-refractivity contribution in [3.8, 4) is 11.7 Å². The molecule has 3 aromatic rings. The molecule has 0 aliphatic heterocycles. The molecule has 0 aromatic carbocycles. The number of aryl methyl sites for hydroxylation is 2. The zero-order chi connectivity index (χ0) is 15.5. The lowest BCUT2D eigenvalue weighted by Crippen LogP contribution is -2.30. The summed E-state index contributed by atoms with van der Waals surface area (Å²) in [5, 5.41) is 15.7. The molecule has 3 rings (SSSR count). The van der Waals surface area contributed by atoms with E-state index in [1.807, 2.05) is 37.0 Å². The highest BCUT2D eigenvalue weighted by atomic mass is 16.4. The maximum Gasteiger partial charge on any atom is 0.283 e. The van der Waals surface area contributed by atoms with Crippen LogP contribution in [-0.4, -0.2) is 26.0 Å². The van der Waals surface area contributed by atoms with Crippen molar-refractivity contribution >= 4 is 0 Å². The van der Waals surface area contributed by atoms with Gasteiger partial charge in [0.2, 0.25) is 5.89 Å². The van der Waals surface area contributed by atoms with E-state index in [2.05, 4.69) is 27.5 Å². The molecule has 0 saturated carbocycles. The van der Waals surface area contributed by atoms with Gasteiger partial charge in [-0.3, -0.25) is 4.68 Å². The predicted molar refractivity (Wildman–Crippen MR) is 80.0 cm³/mol. The van der Waals surface area contributed by atoms with Crippen LogP contribution in [0.5, 0.6) is 0 Å². The van der Waals surface area contributed by atoms with E-state index in [4.69, 9.17) is 8.83 Å². The highest BCUT2D eigenvalue weighted by Gasteiger charge is 2.14. The van der Waals surface area contributed by atoms with E-state index in [1.54, 1.807) is 6.26 Å². The molecule has 0 aliphatic rings. The Bertz CT molecular complexity index is 743. The minimum atomic E-state index is 0.236. The third kappa shape index (κ3) is 3.25. The monoisotopic (exact) mass is 301 g/mol. The molecule has 3 aromatic heterocycles. The van der Waals surface area contributed by atoms with Gasteiger partial charge in [-0.1, -0.05) is 0 Å². The molecule has 0 saturated heterocycles. The van der Waals surface area contributed by atoms with Gasteiger partial charge in [0, 0.05) is 17.8 Å². The van der Waals surface area contributed by atoms with E-state index >= 15 is 0 Å². The van der Waals surface area contributed by atoms with Crippen molar-refractivity contribution in [3.05, 3.63) is 41.7 Å². The second kappa shape index (κ2) is 6.15. The lowest BCUT2D eigenvalue weighted by Gasteiger charge is -2.12. The van der Waals surface area contributed by atoms with Crippen LogP contribution < -0.4 is 5.32 Å². The maximum absolute atomic E-state index is 5.61. The second-order valence-corrected chi connectivity index (χ2v) is 5.46. The summed E-state index contributed by atoms with van der Waals surface area (Å²) >= 11 is 0. The number of hydrogen-bond donors (Lipinski definition) is 1. The second-order valence-electron chi connectivity index (χ2n) is 5.46. The first-order valence-electron chi connectivity index (χ1n) is 7.21. The van der Waals surface area contributed by atoms with Gasteiger partial charge in [0.05, 0.1) is 25.5 Å². The average molecular weight is 301 g/mol. The van der Waals surface area contributed by atoms with Crippen molar-refractivity contribution < 1.29 is 8.83 Å². The Morgan fingerprint density at radius 1 is 1.32 bits per heavy atom. The number of aromatic nitrogens is 4. The van der Waals surface area contributed by atoms with Gasteiger partial charge in [0.25, 0.3) is 5.89 Å². The van der Waals surface area contributed by atoms with Gasteiger partial charge in [-0.2, -0.15) is 5.10 Å². The predicted octanol–water partition coefficient (Wildman–Crippen LogP) is 2.32. The SMILES string of the molecule is Cc1cnn(C[C@@H](C)NCc2nnc(-c3occc3C)o2)c1. The standard InChI is InChI=1S/C15H19N5O2/c1-10-6-17-20(8-10)9-12(3)16-7-13-18-19-15(22-13)14-11(2)4-5-21-14/h4-6,8,12,16H,7,9H2,1-3H3/t12-/m1/s1. The molecule has 3 heterocycles. The number of nitrogens with zero attached hydrogens (tertiary/aromatic N) is 4. The van der Waals surface area contributed by atoms with Crippen molar-refractivity contribution in [2.75, 3.05) is 0 Å². The fraction of sp³-hybridized carbons (Fsp3) is 0.400. The minimum absolute atomic E-state index is 0.236. The molecular weight excluding hydrogens is 282 g/mol. The summed E-state index contributed by atoms with van der Waals surface area (Å²) in [5.41, 5.74) is 2.13. The molecule has 0 unspecified atom stereocenters. The van der Waals surface area contributed by atoms with E-state index in [-0.39, 0.29) is 6.04 Å². The zero-order valence-electron chi connectivity index (χ0n) is 12.9. The molecule has 0 radical (unpaired) electrons. The summed E-state index contributed by atoms with van der Waals surface area (Å²) in [7, 11) is 0. The quantitative estimate of drug-likeness (QED) is 0.752. The van der Waals surface area contributed by atoms with Gasteiger partial charge in [0.1, 0.15) is 0 Å². The molecule has 1 N–H and O–H groups in total. The first-order chi connectivity index (χ1) is 10.6. The van der Waals surface area contributed by atoms with Gasteiger partial charge in [-0.25, -0.2) is 0 Å². The van der Waals surface area contributed by atoms with Crippen LogP contribution in [0.15, 0.2) is 33.6 Å². The maximum atomic E-state index is 5.61. The molecule has 0 aliphatic carbocycles. The van der Waals surface area contributed by atoms with Crippen LogP contribution in [0.2, 0.25) is 0 Å². The van der Waals surface area contributed by atoms with Crippen LogP contribution >= 0.6 is 0 Å². The molecule has 0 spiro atoms.